The van der Waals surface area contributed by atoms with Crippen molar-refractivity contribution in [2.24, 2.45) is 0 Å². The molecule has 0 aliphatic heterocycles. The van der Waals surface area contributed by atoms with Crippen LogP contribution in [0.5, 0.6) is 0 Å². The largest absolute Gasteiger partial charge is 0.366 e. The Bertz CT molecular complexity index is 1350. The van der Waals surface area contributed by atoms with Crippen molar-refractivity contribution in [2.75, 3.05) is 0 Å². The van der Waals surface area contributed by atoms with Gasteiger partial charge in [0.15, 0.2) is 0 Å². The fraction of sp³-hybridized carbons (Fsp3) is 0.182. The van der Waals surface area contributed by atoms with Crippen LogP contribution in [-0.4, -0.2) is 11.2 Å². The number of hydrogen-bond donors (Lipinski definition) is 0. The van der Waals surface area contributed by atoms with Crippen LogP contribution in [0.15, 0.2) is 182 Å². The molecule has 0 radical (unpaired) electrons. The van der Waals surface area contributed by atoms with Crippen LogP contribution in [0.4, 0.5) is 0 Å². The molecule has 0 bridgehead atoms. The highest BCUT2D eigenvalue weighted by atomic mass is 16.5. The molecule has 0 unspecified atom stereocenters. The maximum Gasteiger partial charge on any atom is 0.0810 e. The fourth-order valence-electron chi connectivity index (χ4n) is 6.86. The van der Waals surface area contributed by atoms with Crippen LogP contribution in [0, 0.1) is 0 Å². The molecule has 0 amide bonds. The minimum Gasteiger partial charge on any atom is -0.366 e. The molecule has 0 spiro atoms. The van der Waals surface area contributed by atoms with E-state index >= 15 is 0 Å². The van der Waals surface area contributed by atoms with Gasteiger partial charge in [-0.05, 0) is 33.4 Å². The highest BCUT2D eigenvalue weighted by molar-refractivity contribution is 5.29. The molecule has 0 atom stereocenters. The van der Waals surface area contributed by atoms with Crippen molar-refractivity contribution < 1.29 is 4.74 Å². The Labute approximate surface area is 269 Å². The summed E-state index contributed by atoms with van der Waals surface area (Å²) in [6, 6.07) is 65.4. The molecule has 0 saturated heterocycles. The van der Waals surface area contributed by atoms with Crippen LogP contribution < -0.4 is 0 Å². The number of hydrogen-bond acceptors (Lipinski definition) is 1. The highest BCUT2D eigenvalue weighted by Gasteiger charge is 2.43. The quantitative estimate of drug-likeness (QED) is 0.123. The van der Waals surface area contributed by atoms with Gasteiger partial charge in [-0.2, -0.15) is 0 Å². The zero-order chi connectivity index (χ0) is 30.6. The Balaban J connectivity index is 1.53. The molecule has 6 rings (SSSR count). The molecule has 0 fully saturated rings. The van der Waals surface area contributed by atoms with Gasteiger partial charge < -0.3 is 4.74 Å². The van der Waals surface area contributed by atoms with Gasteiger partial charge in [0.25, 0.3) is 0 Å². The van der Waals surface area contributed by atoms with Crippen LogP contribution >= 0.6 is 0 Å². The Morgan fingerprint density at radius 3 is 0.556 bits per heavy atom. The Kier molecular flexibility index (Phi) is 10.00. The third kappa shape index (κ3) is 8.69. The molecule has 0 heterocycles. The van der Waals surface area contributed by atoms with Gasteiger partial charge in [-0.15, -0.1) is 0 Å². The summed E-state index contributed by atoms with van der Waals surface area (Å²) >= 11 is 0. The second kappa shape index (κ2) is 14.8. The lowest BCUT2D eigenvalue weighted by Gasteiger charge is -2.46. The lowest BCUT2D eigenvalue weighted by molar-refractivity contribution is -0.157. The standard InChI is InChI=1S/C44H42O/c1-7-19-37(20-8-1)31-43(32-38-21-9-2-10-22-38,33-39-23-11-3-12-24-39)45-44(34-40-25-13-4-14-26-40,35-41-27-15-5-16-28-41)36-42-29-17-6-18-30-42/h1-30H,31-36H2. The summed E-state index contributed by atoms with van der Waals surface area (Å²) < 4.78 is 8.05. The molecular formula is C44H42O. The van der Waals surface area contributed by atoms with Gasteiger partial charge in [0, 0.05) is 38.5 Å². The van der Waals surface area contributed by atoms with Crippen LogP contribution in [0.3, 0.4) is 0 Å². The van der Waals surface area contributed by atoms with Gasteiger partial charge >= 0.3 is 0 Å². The van der Waals surface area contributed by atoms with E-state index in [0.717, 1.165) is 38.5 Å². The molecule has 0 aromatic heterocycles. The van der Waals surface area contributed by atoms with Gasteiger partial charge in [0.2, 0.25) is 0 Å². The summed E-state index contributed by atoms with van der Waals surface area (Å²) in [5, 5.41) is 0. The highest BCUT2D eigenvalue weighted by Crippen LogP contribution is 2.38. The van der Waals surface area contributed by atoms with E-state index in [1.807, 2.05) is 0 Å². The molecule has 224 valence electrons. The summed E-state index contributed by atoms with van der Waals surface area (Å²) in [6.07, 6.45) is 4.82. The smallest absolute Gasteiger partial charge is 0.0810 e. The second-order valence-corrected chi connectivity index (χ2v) is 12.4. The third-order valence-corrected chi connectivity index (χ3v) is 8.65. The monoisotopic (exact) mass is 586 g/mol. The first-order valence-electron chi connectivity index (χ1n) is 16.1. The maximum atomic E-state index is 8.05. The van der Waals surface area contributed by atoms with Crippen molar-refractivity contribution in [2.45, 2.75) is 49.7 Å². The summed E-state index contributed by atoms with van der Waals surface area (Å²) in [4.78, 5) is 0. The number of rotatable bonds is 14. The SMILES string of the molecule is c1ccc(CC(Cc2ccccc2)(Cc2ccccc2)OC(Cc2ccccc2)(Cc2ccccc2)Cc2ccccc2)cc1. The van der Waals surface area contributed by atoms with E-state index in [-0.39, 0.29) is 0 Å². The molecule has 1 nitrogen and oxygen atoms in total. The average Bonchev–Trinajstić information content (AvgIpc) is 3.07. The van der Waals surface area contributed by atoms with Gasteiger partial charge in [0.05, 0.1) is 11.2 Å². The van der Waals surface area contributed by atoms with E-state index in [9.17, 15) is 0 Å². The van der Waals surface area contributed by atoms with E-state index in [1.54, 1.807) is 0 Å². The van der Waals surface area contributed by atoms with E-state index in [4.69, 9.17) is 4.74 Å². The normalized spacial score (nSPS) is 11.7. The molecule has 0 saturated carbocycles. The van der Waals surface area contributed by atoms with Gasteiger partial charge in [0.1, 0.15) is 0 Å². The Morgan fingerprint density at radius 1 is 0.244 bits per heavy atom. The first-order valence-corrected chi connectivity index (χ1v) is 16.1. The molecule has 1 heteroatoms. The molecule has 0 aliphatic carbocycles. The second-order valence-electron chi connectivity index (χ2n) is 12.4. The summed E-state index contributed by atoms with van der Waals surface area (Å²) in [6.45, 7) is 0. The minimum atomic E-state index is -0.512. The van der Waals surface area contributed by atoms with E-state index < -0.39 is 11.2 Å². The van der Waals surface area contributed by atoms with Crippen LogP contribution in [-0.2, 0) is 43.3 Å². The first-order chi connectivity index (χ1) is 22.2. The molecule has 0 aliphatic rings. The molecule has 45 heavy (non-hydrogen) atoms. The van der Waals surface area contributed by atoms with Crippen molar-refractivity contribution in [1.82, 2.24) is 0 Å². The van der Waals surface area contributed by atoms with E-state index in [0.29, 0.717) is 0 Å². The Hall–Kier alpha value is -4.72. The number of ether oxygens (including phenoxy) is 1. The fourth-order valence-corrected chi connectivity index (χ4v) is 6.86. The summed E-state index contributed by atoms with van der Waals surface area (Å²) in [7, 11) is 0. The predicted molar refractivity (Wildman–Crippen MR) is 187 cm³/mol. The topological polar surface area (TPSA) is 9.23 Å². The molecule has 6 aromatic rings. The maximum absolute atomic E-state index is 8.05. The predicted octanol–water partition coefficient (Wildman–Crippen LogP) is 9.94. The summed E-state index contributed by atoms with van der Waals surface area (Å²) in [5.74, 6) is 0. The summed E-state index contributed by atoms with van der Waals surface area (Å²) in [5.41, 5.74) is 6.71. The Morgan fingerprint density at radius 2 is 0.400 bits per heavy atom. The van der Waals surface area contributed by atoms with Crippen molar-refractivity contribution in [3.8, 4) is 0 Å². The molecule has 0 N–H and O–H groups in total. The van der Waals surface area contributed by atoms with Crippen molar-refractivity contribution in [3.63, 3.8) is 0 Å². The zero-order valence-electron chi connectivity index (χ0n) is 26.0. The lowest BCUT2D eigenvalue weighted by atomic mass is 9.78. The minimum absolute atomic E-state index is 0.512. The van der Waals surface area contributed by atoms with Crippen LogP contribution in [0.25, 0.3) is 0 Å². The van der Waals surface area contributed by atoms with Crippen LogP contribution in [0.1, 0.15) is 33.4 Å². The molecule has 6 aromatic carbocycles. The van der Waals surface area contributed by atoms with Crippen molar-refractivity contribution in [1.29, 1.82) is 0 Å². The van der Waals surface area contributed by atoms with E-state index in [1.165, 1.54) is 33.4 Å². The van der Waals surface area contributed by atoms with Crippen molar-refractivity contribution in [3.05, 3.63) is 215 Å². The van der Waals surface area contributed by atoms with Crippen molar-refractivity contribution >= 4 is 0 Å². The zero-order valence-corrected chi connectivity index (χ0v) is 26.0. The molecular weight excluding hydrogens is 544 g/mol. The lowest BCUT2D eigenvalue weighted by Crippen LogP contribution is -2.52. The van der Waals surface area contributed by atoms with E-state index in [2.05, 4.69) is 182 Å². The van der Waals surface area contributed by atoms with Gasteiger partial charge in [-0.25, -0.2) is 0 Å². The third-order valence-electron chi connectivity index (χ3n) is 8.65. The van der Waals surface area contributed by atoms with Crippen LogP contribution in [0.2, 0.25) is 0 Å². The number of benzene rings is 6. The van der Waals surface area contributed by atoms with Gasteiger partial charge in [-0.1, -0.05) is 182 Å². The first kappa shape index (κ1) is 30.3. The average molecular weight is 587 g/mol. The van der Waals surface area contributed by atoms with Gasteiger partial charge in [-0.3, -0.25) is 0 Å².